The minimum atomic E-state index is -0.966. The molecule has 0 bridgehead atoms. The van der Waals surface area contributed by atoms with Crippen LogP contribution in [-0.4, -0.2) is 38.9 Å². The van der Waals surface area contributed by atoms with Crippen molar-refractivity contribution in [2.24, 2.45) is 5.41 Å². The summed E-state index contributed by atoms with van der Waals surface area (Å²) < 4.78 is 8.52. The Labute approximate surface area is 263 Å². The van der Waals surface area contributed by atoms with Crippen LogP contribution in [0.15, 0.2) is 71.6 Å². The molecule has 43 heavy (non-hydrogen) atoms. The number of rotatable bonds is 9. The van der Waals surface area contributed by atoms with E-state index >= 15 is 0 Å². The second-order valence-corrected chi connectivity index (χ2v) is 15.2. The van der Waals surface area contributed by atoms with E-state index in [-0.39, 0.29) is 16.7 Å². The van der Waals surface area contributed by atoms with Crippen LogP contribution in [0, 0.1) is 5.41 Å². The Balaban J connectivity index is 1.56. The molecular formula is C35H39ClN2O4S. The number of fused-ring (bicyclic) bond motifs is 2. The van der Waals surface area contributed by atoms with Crippen LogP contribution in [0.1, 0.15) is 58.4 Å². The highest BCUT2D eigenvalue weighted by Gasteiger charge is 2.34. The number of hydrogen-bond donors (Lipinski definition) is 1. The molecule has 0 aliphatic carbocycles. The van der Waals surface area contributed by atoms with Gasteiger partial charge >= 0.3 is 5.97 Å². The Morgan fingerprint density at radius 1 is 1.02 bits per heavy atom. The number of amides is 1. The van der Waals surface area contributed by atoms with Crippen LogP contribution in [0.25, 0.3) is 10.9 Å². The van der Waals surface area contributed by atoms with Crippen molar-refractivity contribution in [1.82, 2.24) is 4.57 Å². The Morgan fingerprint density at radius 3 is 2.37 bits per heavy atom. The number of halogens is 1. The van der Waals surface area contributed by atoms with Gasteiger partial charge in [0.2, 0.25) is 5.91 Å². The number of thioether (sulfide) groups is 1. The van der Waals surface area contributed by atoms with Crippen LogP contribution in [0.4, 0.5) is 5.69 Å². The lowest BCUT2D eigenvalue weighted by atomic mass is 9.88. The second kappa shape index (κ2) is 11.9. The van der Waals surface area contributed by atoms with Gasteiger partial charge in [0, 0.05) is 56.8 Å². The number of carboxylic acids is 1. The first-order chi connectivity index (χ1) is 20.2. The van der Waals surface area contributed by atoms with Crippen molar-refractivity contribution in [3.63, 3.8) is 0 Å². The van der Waals surface area contributed by atoms with Crippen LogP contribution in [0.5, 0.6) is 5.75 Å². The molecule has 2 heterocycles. The summed E-state index contributed by atoms with van der Waals surface area (Å²) in [5.41, 5.74) is 4.22. The maximum absolute atomic E-state index is 12.6. The highest BCUT2D eigenvalue weighted by Crippen LogP contribution is 2.44. The number of carbonyl (C=O) groups excluding carboxylic acids is 1. The average molecular weight is 619 g/mol. The fourth-order valence-corrected chi connectivity index (χ4v) is 7.01. The number of carbonyl (C=O) groups is 2. The van der Waals surface area contributed by atoms with E-state index in [4.69, 9.17) is 16.3 Å². The van der Waals surface area contributed by atoms with Crippen molar-refractivity contribution in [1.29, 1.82) is 0 Å². The third-order valence-corrected chi connectivity index (χ3v) is 9.32. The van der Waals surface area contributed by atoms with Crippen molar-refractivity contribution >= 4 is 51.8 Å². The van der Waals surface area contributed by atoms with Gasteiger partial charge in [-0.3, -0.25) is 9.59 Å². The summed E-state index contributed by atoms with van der Waals surface area (Å²) in [5, 5.41) is 11.8. The monoisotopic (exact) mass is 618 g/mol. The first-order valence-corrected chi connectivity index (χ1v) is 15.8. The van der Waals surface area contributed by atoms with Gasteiger partial charge in [-0.1, -0.05) is 62.7 Å². The zero-order valence-corrected chi connectivity index (χ0v) is 27.2. The van der Waals surface area contributed by atoms with Gasteiger partial charge in [0.15, 0.2) is 0 Å². The zero-order chi connectivity index (χ0) is 31.1. The van der Waals surface area contributed by atoms with Crippen LogP contribution < -0.4 is 9.64 Å². The van der Waals surface area contributed by atoms with Gasteiger partial charge < -0.3 is 19.3 Å². The molecule has 0 unspecified atom stereocenters. The standard InChI is InChI=1S/C35H39ClN2O4S/c1-22(39)38-26(17-24-9-7-8-10-29(24)38)21-42-27-15-16-30-28(18-27)32(43-34(2,3)4)31(19-35(5,6)33(40)41)37(30)20-23-11-13-25(36)14-12-23/h7-16,18,26H,17,19-21H2,1-6H3,(H,40,41)/t26-/m0/s1. The van der Waals surface area contributed by atoms with Crippen molar-refractivity contribution < 1.29 is 19.4 Å². The molecule has 4 aromatic rings. The summed E-state index contributed by atoms with van der Waals surface area (Å²) in [6, 6.07) is 21.8. The van der Waals surface area contributed by atoms with E-state index in [2.05, 4.69) is 43.5 Å². The molecule has 8 heteroatoms. The summed E-state index contributed by atoms with van der Waals surface area (Å²) in [7, 11) is 0. The second-order valence-electron chi connectivity index (χ2n) is 12.9. The van der Waals surface area contributed by atoms with E-state index in [1.54, 1.807) is 32.5 Å². The zero-order valence-electron chi connectivity index (χ0n) is 25.6. The molecule has 226 valence electrons. The highest BCUT2D eigenvalue weighted by atomic mass is 35.5. The predicted octanol–water partition coefficient (Wildman–Crippen LogP) is 8.24. The number of para-hydroxylation sites is 1. The molecule has 1 aromatic heterocycles. The number of nitrogens with zero attached hydrogens (tertiary/aromatic N) is 2. The Kier molecular flexibility index (Phi) is 8.61. The summed E-state index contributed by atoms with van der Waals surface area (Å²) >= 11 is 7.92. The van der Waals surface area contributed by atoms with Crippen LogP contribution in [-0.2, 0) is 29.0 Å². The normalized spacial score (nSPS) is 15.1. The van der Waals surface area contributed by atoms with Crippen molar-refractivity contribution in [3.8, 4) is 5.75 Å². The van der Waals surface area contributed by atoms with Crippen LogP contribution in [0.3, 0.4) is 0 Å². The molecule has 0 saturated carbocycles. The van der Waals surface area contributed by atoms with E-state index in [9.17, 15) is 14.7 Å². The van der Waals surface area contributed by atoms with Gasteiger partial charge in [-0.2, -0.15) is 0 Å². The minimum Gasteiger partial charge on any atom is -0.491 e. The number of hydrogen-bond acceptors (Lipinski definition) is 4. The van der Waals surface area contributed by atoms with E-state index < -0.39 is 11.4 Å². The first kappa shape index (κ1) is 31.0. The fourth-order valence-electron chi connectivity index (χ4n) is 5.70. The van der Waals surface area contributed by atoms with Gasteiger partial charge in [0.25, 0.3) is 0 Å². The lowest BCUT2D eigenvalue weighted by molar-refractivity contribution is -0.146. The number of anilines is 1. The van der Waals surface area contributed by atoms with E-state index in [0.717, 1.165) is 50.5 Å². The first-order valence-electron chi connectivity index (χ1n) is 14.6. The molecular weight excluding hydrogens is 580 g/mol. The van der Waals surface area contributed by atoms with Gasteiger partial charge in [-0.15, -0.1) is 11.8 Å². The van der Waals surface area contributed by atoms with E-state index in [1.807, 2.05) is 53.4 Å². The number of benzene rings is 3. The highest BCUT2D eigenvalue weighted by molar-refractivity contribution is 8.00. The van der Waals surface area contributed by atoms with Gasteiger partial charge in [0.1, 0.15) is 12.4 Å². The summed E-state index contributed by atoms with van der Waals surface area (Å²) in [4.78, 5) is 27.8. The van der Waals surface area contributed by atoms with Gasteiger partial charge in [0.05, 0.1) is 11.5 Å². The predicted molar refractivity (Wildman–Crippen MR) is 176 cm³/mol. The topological polar surface area (TPSA) is 71.8 Å². The molecule has 1 N–H and O–H groups in total. The van der Waals surface area contributed by atoms with E-state index in [0.29, 0.717) is 24.6 Å². The minimum absolute atomic E-state index is 0.00262. The maximum atomic E-state index is 12.6. The molecule has 1 aliphatic rings. The smallest absolute Gasteiger partial charge is 0.309 e. The molecule has 0 saturated heterocycles. The molecule has 0 radical (unpaired) electrons. The number of carboxylic acid groups (broad SMARTS) is 1. The number of ether oxygens (including phenoxy) is 1. The van der Waals surface area contributed by atoms with Crippen molar-refractivity contribution in [2.75, 3.05) is 11.5 Å². The summed E-state index contributed by atoms with van der Waals surface area (Å²) in [6.45, 7) is 12.6. The quantitative estimate of drug-likeness (QED) is 0.191. The molecule has 1 amide bonds. The van der Waals surface area contributed by atoms with Crippen LogP contribution >= 0.6 is 23.4 Å². The molecule has 3 aromatic carbocycles. The van der Waals surface area contributed by atoms with Gasteiger partial charge in [-0.05, 0) is 67.8 Å². The van der Waals surface area contributed by atoms with Crippen molar-refractivity contribution in [3.05, 3.63) is 88.6 Å². The number of aliphatic carboxylic acids is 1. The summed E-state index contributed by atoms with van der Waals surface area (Å²) in [6.07, 6.45) is 1.11. The maximum Gasteiger partial charge on any atom is 0.309 e. The fraction of sp³-hybridized carbons (Fsp3) is 0.371. The molecule has 6 nitrogen and oxygen atoms in total. The lowest BCUT2D eigenvalue weighted by Gasteiger charge is -2.24. The molecule has 0 fully saturated rings. The lowest BCUT2D eigenvalue weighted by Crippen LogP contribution is -2.40. The Bertz CT molecular complexity index is 1670. The van der Waals surface area contributed by atoms with Crippen LogP contribution in [0.2, 0.25) is 5.02 Å². The largest absolute Gasteiger partial charge is 0.491 e. The third kappa shape index (κ3) is 6.73. The number of aromatic nitrogens is 1. The van der Waals surface area contributed by atoms with Crippen molar-refractivity contribution in [2.45, 2.75) is 76.6 Å². The SMILES string of the molecule is CC(=O)N1c2ccccc2C[C@H]1COc1ccc2c(c1)c(SC(C)(C)C)c(CC(C)(C)C(=O)O)n2Cc1ccc(Cl)cc1. The van der Waals surface area contributed by atoms with E-state index in [1.165, 1.54) is 0 Å². The molecule has 1 aliphatic heterocycles. The molecule has 5 rings (SSSR count). The average Bonchev–Trinajstić information content (AvgIpc) is 3.43. The molecule has 1 atom stereocenters. The molecule has 0 spiro atoms. The third-order valence-electron chi connectivity index (χ3n) is 7.80. The summed E-state index contributed by atoms with van der Waals surface area (Å²) in [5.74, 6) is -0.114. The Hall–Kier alpha value is -3.42. The van der Waals surface area contributed by atoms with Gasteiger partial charge in [-0.25, -0.2) is 0 Å². The Morgan fingerprint density at radius 2 is 1.72 bits per heavy atom.